The van der Waals surface area contributed by atoms with Gasteiger partial charge >= 0.3 is 23.9 Å². The second kappa shape index (κ2) is 15.8. The van der Waals surface area contributed by atoms with E-state index in [1.807, 2.05) is 13.8 Å². The third-order valence-electron chi connectivity index (χ3n) is 3.72. The molecule has 4 atom stereocenters. The van der Waals surface area contributed by atoms with Crippen LogP contribution >= 0.6 is 23.5 Å². The molecule has 0 aliphatic carbocycles. The Hall–Kier alpha value is -1.95. The Morgan fingerprint density at radius 3 is 1.44 bits per heavy atom. The van der Waals surface area contributed by atoms with Gasteiger partial charge in [0.15, 0.2) is 24.4 Å². The number of hydrogen-bond acceptors (Lipinski definition) is 11. The Balaban J connectivity index is 6.51. The summed E-state index contributed by atoms with van der Waals surface area (Å²) in [6.45, 7) is 9.55. The van der Waals surface area contributed by atoms with Crippen LogP contribution in [0.1, 0.15) is 48.5 Å². The molecule has 0 fully saturated rings. The first-order valence-corrected chi connectivity index (χ1v) is 12.2. The molecule has 0 aromatic heterocycles. The van der Waals surface area contributed by atoms with E-state index in [0.29, 0.717) is 11.5 Å². The van der Waals surface area contributed by atoms with E-state index in [-0.39, 0.29) is 11.1 Å². The third kappa shape index (κ3) is 12.2. The Labute approximate surface area is 197 Å². The topological polar surface area (TPSA) is 134 Å². The number of ether oxygens (including phenoxy) is 4. The highest BCUT2D eigenvalue weighted by Crippen LogP contribution is 2.33. The second-order valence-electron chi connectivity index (χ2n) is 6.59. The van der Waals surface area contributed by atoms with E-state index in [2.05, 4.69) is 5.32 Å². The molecule has 1 amide bonds. The van der Waals surface area contributed by atoms with Crippen molar-refractivity contribution in [1.29, 1.82) is 0 Å². The van der Waals surface area contributed by atoms with Crippen molar-refractivity contribution in [3.05, 3.63) is 0 Å². The fourth-order valence-corrected chi connectivity index (χ4v) is 5.44. The number of esters is 4. The van der Waals surface area contributed by atoms with Crippen molar-refractivity contribution in [2.24, 2.45) is 0 Å². The maximum atomic E-state index is 12.0. The van der Waals surface area contributed by atoms with Gasteiger partial charge < -0.3 is 24.3 Å². The van der Waals surface area contributed by atoms with Crippen LogP contribution < -0.4 is 5.32 Å². The summed E-state index contributed by atoms with van der Waals surface area (Å²) in [5.74, 6) is -1.86. The van der Waals surface area contributed by atoms with Crippen LogP contribution in [0, 0.1) is 0 Å². The predicted molar refractivity (Wildman–Crippen MR) is 121 cm³/mol. The Morgan fingerprint density at radius 2 is 1.06 bits per heavy atom. The van der Waals surface area contributed by atoms with Crippen LogP contribution in [0.4, 0.5) is 0 Å². The summed E-state index contributed by atoms with van der Waals surface area (Å²) >= 11 is 2.93. The first kappa shape index (κ1) is 30.0. The van der Waals surface area contributed by atoms with Gasteiger partial charge in [0.2, 0.25) is 5.91 Å². The van der Waals surface area contributed by atoms with Gasteiger partial charge in [0.1, 0.15) is 0 Å². The lowest BCUT2D eigenvalue weighted by atomic mass is 10.0. The molecule has 0 unspecified atom stereocenters. The first-order valence-electron chi connectivity index (χ1n) is 10.1. The molecular weight excluding hydrogens is 462 g/mol. The van der Waals surface area contributed by atoms with Crippen molar-refractivity contribution in [1.82, 2.24) is 5.32 Å². The van der Waals surface area contributed by atoms with Crippen LogP contribution in [0.15, 0.2) is 0 Å². The molecule has 32 heavy (non-hydrogen) atoms. The van der Waals surface area contributed by atoms with Gasteiger partial charge in [-0.1, -0.05) is 13.8 Å². The first-order chi connectivity index (χ1) is 14.9. The number of amides is 1. The van der Waals surface area contributed by atoms with Crippen LogP contribution in [0.25, 0.3) is 0 Å². The van der Waals surface area contributed by atoms with Crippen LogP contribution in [-0.2, 0) is 42.9 Å². The van der Waals surface area contributed by atoms with Crippen molar-refractivity contribution >= 4 is 53.3 Å². The summed E-state index contributed by atoms with van der Waals surface area (Å²) in [7, 11) is 0. The number of carbonyl (C=O) groups excluding carboxylic acids is 5. The van der Waals surface area contributed by atoms with Crippen molar-refractivity contribution in [2.45, 2.75) is 77.5 Å². The van der Waals surface area contributed by atoms with Gasteiger partial charge in [-0.3, -0.25) is 24.0 Å². The summed E-state index contributed by atoms with van der Waals surface area (Å²) in [6.07, 6.45) is -4.90. The Morgan fingerprint density at radius 1 is 0.656 bits per heavy atom. The molecule has 0 aliphatic rings. The van der Waals surface area contributed by atoms with Crippen molar-refractivity contribution in [3.8, 4) is 0 Å². The SMILES string of the molecule is CCSC(SCC)[C@H](OC(C)=O)[C@@H](OC(C)=O)[C@@H](OC(C)=O)[C@@H](CNC(C)=O)OC(C)=O. The van der Waals surface area contributed by atoms with Gasteiger partial charge in [0.05, 0.1) is 11.1 Å². The summed E-state index contributed by atoms with van der Waals surface area (Å²) in [5, 5.41) is 2.51. The maximum absolute atomic E-state index is 12.0. The average molecular weight is 496 g/mol. The predicted octanol–water partition coefficient (Wildman–Crippen LogP) is 1.68. The molecule has 0 aliphatic heterocycles. The van der Waals surface area contributed by atoms with Gasteiger partial charge in [-0.2, -0.15) is 0 Å². The molecule has 0 rings (SSSR count). The van der Waals surface area contributed by atoms with Crippen molar-refractivity contribution in [3.63, 3.8) is 0 Å². The highest BCUT2D eigenvalue weighted by atomic mass is 32.2. The zero-order chi connectivity index (χ0) is 24.8. The molecule has 0 heterocycles. The summed E-state index contributed by atoms with van der Waals surface area (Å²) in [4.78, 5) is 59.1. The zero-order valence-electron chi connectivity index (χ0n) is 19.5. The standard InChI is InChI=1S/C20H33NO9S2/c1-8-31-20(32-9-2)19(30-15(7)26)18(29-14(6)25)17(28-13(5)24)16(27-12(4)23)10-21-11(3)22/h16-20H,8-10H2,1-7H3,(H,21,22)/t16-,17+,18+,19-/m1/s1. The van der Waals surface area contributed by atoms with Crippen LogP contribution in [0.2, 0.25) is 0 Å². The lowest BCUT2D eigenvalue weighted by molar-refractivity contribution is -0.196. The molecule has 0 aromatic carbocycles. The molecule has 12 heteroatoms. The van der Waals surface area contributed by atoms with E-state index in [4.69, 9.17) is 18.9 Å². The molecule has 0 bridgehead atoms. The smallest absolute Gasteiger partial charge is 0.303 e. The summed E-state index contributed by atoms with van der Waals surface area (Å²) in [5.41, 5.74) is 0. The molecular formula is C20H33NO9S2. The Kier molecular flexibility index (Phi) is 14.8. The normalized spacial score (nSPS) is 14.5. The van der Waals surface area contributed by atoms with Crippen molar-refractivity contribution in [2.75, 3.05) is 18.1 Å². The minimum atomic E-state index is -1.35. The van der Waals surface area contributed by atoms with Gasteiger partial charge in [0, 0.05) is 34.6 Å². The number of rotatable bonds is 14. The van der Waals surface area contributed by atoms with E-state index >= 15 is 0 Å². The number of carbonyl (C=O) groups is 5. The molecule has 0 spiro atoms. The van der Waals surface area contributed by atoms with E-state index < -0.39 is 54.2 Å². The third-order valence-corrected chi connectivity index (χ3v) is 6.40. The van der Waals surface area contributed by atoms with Crippen LogP contribution in [-0.4, -0.2) is 76.8 Å². The van der Waals surface area contributed by atoms with E-state index in [1.54, 1.807) is 0 Å². The summed E-state index contributed by atoms with van der Waals surface area (Å²) in [6, 6.07) is 0. The van der Waals surface area contributed by atoms with Crippen LogP contribution in [0.3, 0.4) is 0 Å². The minimum Gasteiger partial charge on any atom is -0.457 e. The fourth-order valence-electron chi connectivity index (χ4n) is 2.78. The summed E-state index contributed by atoms with van der Waals surface area (Å²) < 4.78 is 21.4. The molecule has 1 N–H and O–H groups in total. The maximum Gasteiger partial charge on any atom is 0.303 e. The second-order valence-corrected chi connectivity index (χ2v) is 9.72. The molecule has 0 saturated carbocycles. The molecule has 0 radical (unpaired) electrons. The number of hydrogen-bond donors (Lipinski definition) is 1. The zero-order valence-corrected chi connectivity index (χ0v) is 21.1. The largest absolute Gasteiger partial charge is 0.457 e. The van der Waals surface area contributed by atoms with Gasteiger partial charge in [-0.25, -0.2) is 0 Å². The fraction of sp³-hybridized carbons (Fsp3) is 0.750. The lowest BCUT2D eigenvalue weighted by Crippen LogP contribution is -2.56. The quantitative estimate of drug-likeness (QED) is 0.214. The Bertz CT molecular complexity index is 653. The number of nitrogens with one attached hydrogen (secondary N) is 1. The highest BCUT2D eigenvalue weighted by molar-refractivity contribution is 8.17. The minimum absolute atomic E-state index is 0.218. The van der Waals surface area contributed by atoms with E-state index in [0.717, 1.165) is 20.8 Å². The van der Waals surface area contributed by atoms with Crippen molar-refractivity contribution < 1.29 is 42.9 Å². The van der Waals surface area contributed by atoms with Gasteiger partial charge in [-0.05, 0) is 11.5 Å². The molecule has 184 valence electrons. The van der Waals surface area contributed by atoms with Gasteiger partial charge in [0.25, 0.3) is 0 Å². The number of thioether (sulfide) groups is 2. The monoisotopic (exact) mass is 495 g/mol. The average Bonchev–Trinajstić information content (AvgIpc) is 2.65. The van der Waals surface area contributed by atoms with Crippen LogP contribution in [0.5, 0.6) is 0 Å². The molecule has 0 aromatic rings. The highest BCUT2D eigenvalue weighted by Gasteiger charge is 2.46. The van der Waals surface area contributed by atoms with Gasteiger partial charge in [-0.15, -0.1) is 23.5 Å². The lowest BCUT2D eigenvalue weighted by Gasteiger charge is -2.38. The molecule has 0 saturated heterocycles. The molecule has 10 nitrogen and oxygen atoms in total. The van der Waals surface area contributed by atoms with E-state index in [9.17, 15) is 24.0 Å². The van der Waals surface area contributed by atoms with E-state index in [1.165, 1.54) is 37.4 Å².